The standard InChI is InChI=1S/C11H15NO6.C6H10O3/c1-16-11(15)9-7(6-8(13)18-9)10(14)12-2-4-17-5-3-12;7-5-3-9-6-4(5)1-2-8-6/h7,9H,2-6H2,1H3;4-7H,1-3H2/t7-,9+;4-,5-,6+/m00/s1. The Morgan fingerprint density at radius 1 is 1.19 bits per heavy atom. The van der Waals surface area contributed by atoms with Gasteiger partial charge in [-0.05, 0) is 6.42 Å². The Labute approximate surface area is 156 Å². The molecule has 10 nitrogen and oxygen atoms in total. The second kappa shape index (κ2) is 8.96. The molecule has 0 saturated carbocycles. The van der Waals surface area contributed by atoms with Crippen LogP contribution >= 0.6 is 0 Å². The minimum Gasteiger partial charge on any atom is -0.466 e. The van der Waals surface area contributed by atoms with E-state index in [-0.39, 0.29) is 30.6 Å². The number of hydrogen-bond donors (Lipinski definition) is 1. The maximum atomic E-state index is 12.2. The number of carbonyl (C=O) groups excluding carboxylic acids is 3. The third kappa shape index (κ3) is 4.57. The van der Waals surface area contributed by atoms with Gasteiger partial charge in [-0.1, -0.05) is 0 Å². The van der Waals surface area contributed by atoms with Gasteiger partial charge in [0.25, 0.3) is 0 Å². The number of rotatable bonds is 2. The molecule has 1 N–H and O–H groups in total. The van der Waals surface area contributed by atoms with Crippen molar-refractivity contribution < 1.29 is 43.2 Å². The van der Waals surface area contributed by atoms with Crippen LogP contribution in [0.2, 0.25) is 0 Å². The van der Waals surface area contributed by atoms with E-state index in [2.05, 4.69) is 4.74 Å². The predicted octanol–water partition coefficient (Wildman–Crippen LogP) is -1.31. The van der Waals surface area contributed by atoms with Crippen LogP contribution in [-0.4, -0.2) is 93.0 Å². The largest absolute Gasteiger partial charge is 0.466 e. The molecule has 0 aliphatic carbocycles. The third-order valence-electron chi connectivity index (χ3n) is 5.09. The number of nitrogens with zero attached hydrogens (tertiary/aromatic N) is 1. The van der Waals surface area contributed by atoms with E-state index in [0.717, 1.165) is 13.0 Å². The van der Waals surface area contributed by atoms with Crippen molar-refractivity contribution in [3.05, 3.63) is 0 Å². The maximum absolute atomic E-state index is 12.2. The summed E-state index contributed by atoms with van der Waals surface area (Å²) in [5.41, 5.74) is 0. The number of hydrogen-bond acceptors (Lipinski definition) is 9. The monoisotopic (exact) mass is 387 g/mol. The Kier molecular flexibility index (Phi) is 6.64. The fraction of sp³-hybridized carbons (Fsp3) is 0.824. The molecular weight excluding hydrogens is 362 g/mol. The van der Waals surface area contributed by atoms with Crippen LogP contribution < -0.4 is 0 Å². The Morgan fingerprint density at radius 2 is 1.93 bits per heavy atom. The van der Waals surface area contributed by atoms with Gasteiger partial charge in [-0.25, -0.2) is 4.79 Å². The summed E-state index contributed by atoms with van der Waals surface area (Å²) >= 11 is 0. The van der Waals surface area contributed by atoms with Gasteiger partial charge in [-0.2, -0.15) is 0 Å². The van der Waals surface area contributed by atoms with Crippen LogP contribution in [0.1, 0.15) is 12.8 Å². The van der Waals surface area contributed by atoms with E-state index in [1.165, 1.54) is 7.11 Å². The van der Waals surface area contributed by atoms with Gasteiger partial charge in [0.05, 0.1) is 52.0 Å². The summed E-state index contributed by atoms with van der Waals surface area (Å²) in [5, 5.41) is 9.19. The first-order valence-corrected chi connectivity index (χ1v) is 9.06. The lowest BCUT2D eigenvalue weighted by atomic mass is 9.99. The first kappa shape index (κ1) is 20.0. The van der Waals surface area contributed by atoms with Crippen molar-refractivity contribution in [1.82, 2.24) is 4.90 Å². The maximum Gasteiger partial charge on any atom is 0.348 e. The average Bonchev–Trinajstić information content (AvgIpc) is 3.40. The number of ether oxygens (including phenoxy) is 5. The summed E-state index contributed by atoms with van der Waals surface area (Å²) in [6.45, 7) is 3.07. The summed E-state index contributed by atoms with van der Waals surface area (Å²) in [6.07, 6.45) is -0.614. The van der Waals surface area contributed by atoms with E-state index in [4.69, 9.17) is 18.9 Å². The van der Waals surface area contributed by atoms with Crippen LogP contribution in [0, 0.1) is 11.8 Å². The molecule has 0 aromatic rings. The summed E-state index contributed by atoms with van der Waals surface area (Å²) in [4.78, 5) is 36.5. The molecule has 0 aromatic heterocycles. The number of cyclic esters (lactones) is 1. The second-order valence-electron chi connectivity index (χ2n) is 6.77. The van der Waals surface area contributed by atoms with E-state index in [9.17, 15) is 19.5 Å². The minimum atomic E-state index is -1.11. The molecule has 4 fully saturated rings. The number of fused-ring (bicyclic) bond motifs is 1. The van der Waals surface area contributed by atoms with Crippen molar-refractivity contribution in [3.63, 3.8) is 0 Å². The predicted molar refractivity (Wildman–Crippen MR) is 87.2 cm³/mol. The van der Waals surface area contributed by atoms with Gasteiger partial charge >= 0.3 is 11.9 Å². The molecule has 4 rings (SSSR count). The highest BCUT2D eigenvalue weighted by Gasteiger charge is 2.46. The van der Waals surface area contributed by atoms with E-state index >= 15 is 0 Å². The molecule has 4 saturated heterocycles. The van der Waals surface area contributed by atoms with Crippen molar-refractivity contribution >= 4 is 17.8 Å². The average molecular weight is 387 g/mol. The molecule has 4 aliphatic heterocycles. The van der Waals surface area contributed by atoms with Crippen LogP contribution in [0.5, 0.6) is 0 Å². The van der Waals surface area contributed by atoms with E-state index < -0.39 is 24.0 Å². The van der Waals surface area contributed by atoms with Gasteiger partial charge in [0, 0.05) is 19.0 Å². The number of amides is 1. The van der Waals surface area contributed by atoms with Gasteiger partial charge < -0.3 is 33.7 Å². The molecule has 1 amide bonds. The normalized spacial score (nSPS) is 35.1. The highest BCUT2D eigenvalue weighted by atomic mass is 16.7. The molecule has 0 spiro atoms. The zero-order valence-corrected chi connectivity index (χ0v) is 15.2. The first-order valence-electron chi connectivity index (χ1n) is 9.06. The number of aliphatic hydroxyl groups is 1. The minimum absolute atomic E-state index is 0.0735. The second-order valence-corrected chi connectivity index (χ2v) is 6.77. The van der Waals surface area contributed by atoms with Gasteiger partial charge in [-0.3, -0.25) is 9.59 Å². The SMILES string of the molecule is COC(=O)[C@@H]1OC(=O)C[C@@H]1C(=O)N1CCOCC1.O[C@H]1CO[C@H]2OCC[C@H]21. The van der Waals surface area contributed by atoms with Crippen LogP contribution in [0.15, 0.2) is 0 Å². The number of aliphatic hydroxyl groups excluding tert-OH is 1. The van der Waals surface area contributed by atoms with Crippen LogP contribution in [0.4, 0.5) is 0 Å². The zero-order chi connectivity index (χ0) is 19.4. The molecule has 5 atom stereocenters. The quantitative estimate of drug-likeness (QED) is 0.576. The Balaban J connectivity index is 0.000000193. The molecular formula is C17H25NO9. The van der Waals surface area contributed by atoms with Crippen molar-refractivity contribution in [1.29, 1.82) is 0 Å². The summed E-state index contributed by atoms with van der Waals surface area (Å²) in [7, 11) is 1.20. The zero-order valence-electron chi connectivity index (χ0n) is 15.2. The summed E-state index contributed by atoms with van der Waals surface area (Å²) in [6, 6.07) is 0. The Hall–Kier alpha value is -1.75. The number of methoxy groups -OCH3 is 1. The van der Waals surface area contributed by atoms with Gasteiger partial charge in [0.1, 0.15) is 0 Å². The van der Waals surface area contributed by atoms with E-state index in [0.29, 0.717) is 32.9 Å². The van der Waals surface area contributed by atoms with Gasteiger partial charge in [0.2, 0.25) is 12.0 Å². The van der Waals surface area contributed by atoms with E-state index in [1.807, 2.05) is 0 Å². The molecule has 152 valence electrons. The molecule has 0 radical (unpaired) electrons. The van der Waals surface area contributed by atoms with Gasteiger partial charge in [0.15, 0.2) is 6.29 Å². The third-order valence-corrected chi connectivity index (χ3v) is 5.09. The molecule has 4 aliphatic rings. The van der Waals surface area contributed by atoms with Crippen LogP contribution in [0.25, 0.3) is 0 Å². The highest BCUT2D eigenvalue weighted by Crippen LogP contribution is 2.30. The lowest BCUT2D eigenvalue weighted by Crippen LogP contribution is -2.46. The fourth-order valence-corrected chi connectivity index (χ4v) is 3.56. The van der Waals surface area contributed by atoms with Crippen molar-refractivity contribution in [2.24, 2.45) is 11.8 Å². The molecule has 0 unspecified atom stereocenters. The molecule has 27 heavy (non-hydrogen) atoms. The van der Waals surface area contributed by atoms with E-state index in [1.54, 1.807) is 4.90 Å². The molecule has 0 bridgehead atoms. The smallest absolute Gasteiger partial charge is 0.348 e. The van der Waals surface area contributed by atoms with Crippen molar-refractivity contribution in [2.75, 3.05) is 46.6 Å². The molecule has 4 heterocycles. The van der Waals surface area contributed by atoms with Gasteiger partial charge in [-0.15, -0.1) is 0 Å². The molecule has 0 aromatic carbocycles. The lowest BCUT2D eigenvalue weighted by molar-refractivity contribution is -0.163. The Morgan fingerprint density at radius 3 is 2.59 bits per heavy atom. The Bertz CT molecular complexity index is 563. The summed E-state index contributed by atoms with van der Waals surface area (Å²) in [5.74, 6) is -2.00. The summed E-state index contributed by atoms with van der Waals surface area (Å²) < 4.78 is 24.8. The topological polar surface area (TPSA) is 121 Å². The van der Waals surface area contributed by atoms with Crippen molar-refractivity contribution in [3.8, 4) is 0 Å². The lowest BCUT2D eigenvalue weighted by Gasteiger charge is -2.29. The number of esters is 2. The molecule has 10 heteroatoms. The van der Waals surface area contributed by atoms with Crippen molar-refractivity contribution in [2.45, 2.75) is 31.3 Å². The van der Waals surface area contributed by atoms with Crippen LogP contribution in [0.3, 0.4) is 0 Å². The van der Waals surface area contributed by atoms with Crippen LogP contribution in [-0.2, 0) is 38.1 Å². The number of carbonyl (C=O) groups is 3. The first-order chi connectivity index (χ1) is 13.0. The number of morpholine rings is 1. The highest BCUT2D eigenvalue weighted by molar-refractivity contribution is 5.94. The fourth-order valence-electron chi connectivity index (χ4n) is 3.56.